The summed E-state index contributed by atoms with van der Waals surface area (Å²) in [7, 11) is -0.983. The van der Waals surface area contributed by atoms with Crippen molar-refractivity contribution in [3.63, 3.8) is 0 Å². The molecule has 0 aromatic heterocycles. The van der Waals surface area contributed by atoms with Crippen molar-refractivity contribution in [2.24, 2.45) is 5.73 Å². The molecule has 0 amide bonds. The van der Waals surface area contributed by atoms with Gasteiger partial charge in [0.25, 0.3) is 0 Å². The Kier molecular flexibility index (Phi) is 8.91. The molecule has 0 spiro atoms. The van der Waals surface area contributed by atoms with Crippen LogP contribution in [0.5, 0.6) is 5.75 Å². The Morgan fingerprint density at radius 1 is 1.40 bits per heavy atom. The first kappa shape index (κ1) is 18.7. The lowest BCUT2D eigenvalue weighted by Gasteiger charge is -2.11. The molecule has 1 aromatic carbocycles. The first-order valence-electron chi connectivity index (χ1n) is 6.18. The highest BCUT2D eigenvalue weighted by Crippen LogP contribution is 2.26. The third-order valence-electron chi connectivity index (χ3n) is 2.76. The van der Waals surface area contributed by atoms with Gasteiger partial charge in [-0.25, -0.2) is 0 Å². The van der Waals surface area contributed by atoms with Crippen LogP contribution in [-0.4, -0.2) is 37.0 Å². The van der Waals surface area contributed by atoms with E-state index in [1.807, 2.05) is 12.1 Å². The normalized spacial score (nSPS) is 15.8. The molecule has 1 aliphatic rings. The van der Waals surface area contributed by atoms with Gasteiger partial charge in [0.05, 0.1) is 12.7 Å². The van der Waals surface area contributed by atoms with E-state index < -0.39 is 7.12 Å². The molecule has 0 aliphatic carbocycles. The van der Waals surface area contributed by atoms with E-state index in [2.05, 4.69) is 13.2 Å². The number of aliphatic hydroxyl groups is 1. The quantitative estimate of drug-likeness (QED) is 0.418. The molecular weight excluding hydrogens is 257 g/mol. The van der Waals surface area contributed by atoms with Gasteiger partial charge in [0.2, 0.25) is 0 Å². The van der Waals surface area contributed by atoms with Crippen molar-refractivity contribution >= 4 is 12.6 Å². The smallest absolute Gasteiger partial charge is 0.494 e. The monoisotopic (exact) mass is 281 g/mol. The molecule has 1 heterocycles. The highest BCUT2D eigenvalue weighted by molar-refractivity contribution is 6.62. The summed E-state index contributed by atoms with van der Waals surface area (Å²) in [6.45, 7) is 6.82. The minimum absolute atomic E-state index is 0. The average molecular weight is 281 g/mol. The third kappa shape index (κ3) is 4.08. The fourth-order valence-electron chi connectivity index (χ4n) is 1.96. The Hall–Kier alpha value is -1.34. The van der Waals surface area contributed by atoms with E-state index in [0.29, 0.717) is 30.8 Å². The lowest BCUT2D eigenvalue weighted by Crippen LogP contribution is -2.30. The maximum atomic E-state index is 9.81. The SMILES string of the molecule is C.C=C.NC[C@H]1OB(O)c2c(OCCCO)cccc21. The first-order valence-corrected chi connectivity index (χ1v) is 6.18. The van der Waals surface area contributed by atoms with Gasteiger partial charge in [0.1, 0.15) is 5.75 Å². The van der Waals surface area contributed by atoms with Crippen LogP contribution >= 0.6 is 0 Å². The molecular formula is C14H24BNO4. The van der Waals surface area contributed by atoms with Gasteiger partial charge in [-0.1, -0.05) is 19.6 Å². The standard InChI is InChI=1S/C11H16BNO4.C2H4.CH4/c13-7-10-8-3-1-4-9(16-6-2-5-14)11(8)12(15)17-10;1-2;/h1,3-4,10,14-15H,2,5-7,13H2;1-2H2;1H4/t10-;;/m1../s1. The lowest BCUT2D eigenvalue weighted by atomic mass is 9.78. The van der Waals surface area contributed by atoms with Crippen LogP contribution in [0.15, 0.2) is 31.4 Å². The van der Waals surface area contributed by atoms with Crippen molar-refractivity contribution in [1.82, 2.24) is 0 Å². The van der Waals surface area contributed by atoms with Crippen molar-refractivity contribution in [1.29, 1.82) is 0 Å². The Balaban J connectivity index is 0.00000115. The van der Waals surface area contributed by atoms with Crippen LogP contribution in [0, 0.1) is 0 Å². The number of benzene rings is 1. The third-order valence-corrected chi connectivity index (χ3v) is 2.76. The number of fused-ring (bicyclic) bond motifs is 1. The van der Waals surface area contributed by atoms with Crippen LogP contribution in [0.25, 0.3) is 0 Å². The molecule has 1 aromatic rings. The maximum Gasteiger partial charge on any atom is 0.495 e. The van der Waals surface area contributed by atoms with Gasteiger partial charge < -0.3 is 25.3 Å². The minimum atomic E-state index is -0.983. The van der Waals surface area contributed by atoms with E-state index in [1.54, 1.807) is 6.07 Å². The van der Waals surface area contributed by atoms with E-state index in [-0.39, 0.29) is 20.1 Å². The number of rotatable bonds is 5. The summed E-state index contributed by atoms with van der Waals surface area (Å²) >= 11 is 0. The van der Waals surface area contributed by atoms with Crippen LogP contribution < -0.4 is 15.9 Å². The van der Waals surface area contributed by atoms with Crippen LogP contribution in [-0.2, 0) is 4.65 Å². The molecule has 0 fully saturated rings. The van der Waals surface area contributed by atoms with Crippen LogP contribution in [0.3, 0.4) is 0 Å². The highest BCUT2D eigenvalue weighted by Gasteiger charge is 2.37. The predicted molar refractivity (Wildman–Crippen MR) is 82.1 cm³/mol. The molecule has 0 saturated carbocycles. The van der Waals surface area contributed by atoms with Gasteiger partial charge in [-0.05, 0) is 11.6 Å². The summed E-state index contributed by atoms with van der Waals surface area (Å²) < 4.78 is 10.8. The fraction of sp³-hybridized carbons (Fsp3) is 0.429. The molecule has 0 radical (unpaired) electrons. The zero-order chi connectivity index (χ0) is 14.3. The molecule has 2 rings (SSSR count). The molecule has 1 aliphatic heterocycles. The van der Waals surface area contributed by atoms with E-state index in [4.69, 9.17) is 20.2 Å². The number of nitrogens with two attached hydrogens (primary N) is 1. The van der Waals surface area contributed by atoms with Crippen LogP contribution in [0.4, 0.5) is 0 Å². The van der Waals surface area contributed by atoms with E-state index in [9.17, 15) is 5.02 Å². The number of ether oxygens (including phenoxy) is 1. The van der Waals surface area contributed by atoms with Crippen LogP contribution in [0.2, 0.25) is 0 Å². The van der Waals surface area contributed by atoms with Crippen molar-refractivity contribution < 1.29 is 19.5 Å². The molecule has 112 valence electrons. The Bertz CT molecular complexity index is 403. The minimum Gasteiger partial charge on any atom is -0.494 e. The number of hydrogen-bond acceptors (Lipinski definition) is 5. The highest BCUT2D eigenvalue weighted by atomic mass is 16.5. The Labute approximate surface area is 121 Å². The maximum absolute atomic E-state index is 9.81. The summed E-state index contributed by atoms with van der Waals surface area (Å²) in [6, 6.07) is 5.50. The van der Waals surface area contributed by atoms with Crippen molar-refractivity contribution in [3.8, 4) is 5.75 Å². The first-order chi connectivity index (χ1) is 9.27. The van der Waals surface area contributed by atoms with E-state index in [0.717, 1.165) is 5.56 Å². The summed E-state index contributed by atoms with van der Waals surface area (Å²) in [4.78, 5) is 0. The number of hydrogen-bond donors (Lipinski definition) is 3. The fourth-order valence-corrected chi connectivity index (χ4v) is 1.96. The average Bonchev–Trinajstić information content (AvgIpc) is 2.79. The predicted octanol–water partition coefficient (Wildman–Crippen LogP) is 0.604. The molecule has 20 heavy (non-hydrogen) atoms. The van der Waals surface area contributed by atoms with Gasteiger partial charge in [0, 0.05) is 25.0 Å². The van der Waals surface area contributed by atoms with Gasteiger partial charge in [-0.15, -0.1) is 13.2 Å². The topological polar surface area (TPSA) is 84.9 Å². The van der Waals surface area contributed by atoms with Gasteiger partial charge >= 0.3 is 7.12 Å². The molecule has 5 nitrogen and oxygen atoms in total. The molecule has 6 heteroatoms. The lowest BCUT2D eigenvalue weighted by molar-refractivity contribution is 0.198. The number of aliphatic hydroxyl groups excluding tert-OH is 1. The summed E-state index contributed by atoms with van der Waals surface area (Å²) in [5.41, 5.74) is 7.10. The zero-order valence-corrected chi connectivity index (χ0v) is 10.9. The van der Waals surface area contributed by atoms with Gasteiger partial charge in [-0.2, -0.15) is 0 Å². The van der Waals surface area contributed by atoms with Crippen molar-refractivity contribution in [2.75, 3.05) is 19.8 Å². The Morgan fingerprint density at radius 3 is 2.70 bits per heavy atom. The molecule has 1 atom stereocenters. The van der Waals surface area contributed by atoms with E-state index >= 15 is 0 Å². The molecule has 4 N–H and O–H groups in total. The summed E-state index contributed by atoms with van der Waals surface area (Å²) in [6.07, 6.45) is 0.280. The second-order valence-electron chi connectivity index (χ2n) is 3.90. The molecule has 0 unspecified atom stereocenters. The van der Waals surface area contributed by atoms with Crippen LogP contribution in [0.1, 0.15) is 25.5 Å². The largest absolute Gasteiger partial charge is 0.495 e. The second-order valence-corrected chi connectivity index (χ2v) is 3.90. The van der Waals surface area contributed by atoms with Gasteiger partial charge in [-0.3, -0.25) is 0 Å². The summed E-state index contributed by atoms with van der Waals surface area (Å²) in [5.74, 6) is 0.597. The summed E-state index contributed by atoms with van der Waals surface area (Å²) in [5, 5.41) is 18.5. The Morgan fingerprint density at radius 2 is 2.10 bits per heavy atom. The second kappa shape index (κ2) is 9.55. The van der Waals surface area contributed by atoms with Gasteiger partial charge in [0.15, 0.2) is 0 Å². The molecule has 0 saturated heterocycles. The van der Waals surface area contributed by atoms with Crippen molar-refractivity contribution in [2.45, 2.75) is 20.0 Å². The van der Waals surface area contributed by atoms with Crippen molar-refractivity contribution in [3.05, 3.63) is 36.9 Å². The zero-order valence-electron chi connectivity index (χ0n) is 10.9. The van der Waals surface area contributed by atoms with E-state index in [1.165, 1.54) is 0 Å². The molecule has 0 bridgehead atoms.